The molecule has 0 saturated carbocycles. The molecule has 0 saturated heterocycles. The highest BCUT2D eigenvalue weighted by Gasteiger charge is 2.20. The minimum atomic E-state index is -0.899. The highest BCUT2D eigenvalue weighted by Crippen LogP contribution is 2.42. The Kier molecular flexibility index (Phi) is 5.65. The topological polar surface area (TPSA) is 26.0 Å². The lowest BCUT2D eigenvalue weighted by Gasteiger charge is -2.22. The number of benzene rings is 5. The first kappa shape index (κ1) is 23.1. The first-order valence-corrected chi connectivity index (χ1v) is 14.1. The summed E-state index contributed by atoms with van der Waals surface area (Å²) in [7, 11) is 0. The van der Waals surface area contributed by atoms with E-state index in [1.807, 2.05) is 70.3 Å². The maximum atomic E-state index is 9.18. The van der Waals surface area contributed by atoms with Gasteiger partial charge in [0, 0.05) is 30.7 Å². The molecule has 0 radical (unpaired) electrons. The van der Waals surface area contributed by atoms with Crippen molar-refractivity contribution in [1.29, 1.82) is 0 Å². The Balaban J connectivity index is 1.47. The summed E-state index contributed by atoms with van der Waals surface area (Å²) in [6.07, 6.45) is 1.83. The van der Waals surface area contributed by atoms with Gasteiger partial charge in [0.05, 0.1) is 5.69 Å². The number of furan rings is 1. The molecule has 0 aliphatic rings. The average molecular weight is 534 g/mol. The van der Waals surface area contributed by atoms with E-state index >= 15 is 0 Å². The van der Waals surface area contributed by atoms with E-state index in [9.17, 15) is 2.74 Å². The molecule has 2 aromatic heterocycles. The molecule has 200 valence electrons. The third-order valence-corrected chi connectivity index (χ3v) is 8.04. The van der Waals surface area contributed by atoms with Crippen molar-refractivity contribution in [3.05, 3.63) is 127 Å². The van der Waals surface area contributed by atoms with Crippen LogP contribution in [0.1, 0.15) is 53.4 Å². The molecule has 0 amide bonds. The standard InChI is InChI=1S/C39H33NO/c1-24(2)34-21-29(26-11-6-5-7-12-26)22-35(25(3)4)37(34)28-19-20-40-36(23-28)33-16-10-15-31-32-18-17-27-13-8-9-14-30(27)38(32)41-39(31)33/h5-25H,1-4H3/i24D,25D. The van der Waals surface area contributed by atoms with Gasteiger partial charge in [0.2, 0.25) is 0 Å². The normalized spacial score (nSPS) is 13.1. The van der Waals surface area contributed by atoms with Crippen LogP contribution >= 0.6 is 0 Å². The third kappa shape index (κ3) is 4.31. The van der Waals surface area contributed by atoms with E-state index in [4.69, 9.17) is 9.40 Å². The highest BCUT2D eigenvalue weighted by molar-refractivity contribution is 6.17. The quantitative estimate of drug-likeness (QED) is 0.220. The highest BCUT2D eigenvalue weighted by atomic mass is 16.3. The van der Waals surface area contributed by atoms with Crippen molar-refractivity contribution in [3.63, 3.8) is 0 Å². The van der Waals surface area contributed by atoms with Gasteiger partial charge in [-0.2, -0.15) is 0 Å². The summed E-state index contributed by atoms with van der Waals surface area (Å²) in [5, 5.41) is 4.37. The molecule has 7 rings (SSSR count). The van der Waals surface area contributed by atoms with Crippen LogP contribution in [0.3, 0.4) is 0 Å². The van der Waals surface area contributed by atoms with Gasteiger partial charge in [-0.25, -0.2) is 0 Å². The first-order valence-electron chi connectivity index (χ1n) is 15.1. The number of pyridine rings is 1. The van der Waals surface area contributed by atoms with Gasteiger partial charge in [-0.15, -0.1) is 0 Å². The van der Waals surface area contributed by atoms with Gasteiger partial charge in [0.25, 0.3) is 0 Å². The molecule has 2 heteroatoms. The summed E-state index contributed by atoms with van der Waals surface area (Å²) in [6.45, 7) is 7.68. The molecule has 0 unspecified atom stereocenters. The van der Waals surface area contributed by atoms with Crippen LogP contribution in [-0.2, 0) is 0 Å². The zero-order chi connectivity index (χ0) is 29.9. The number of hydrogen-bond acceptors (Lipinski definition) is 2. The number of hydrogen-bond donors (Lipinski definition) is 0. The summed E-state index contributed by atoms with van der Waals surface area (Å²) in [5.41, 5.74) is 9.11. The lowest BCUT2D eigenvalue weighted by molar-refractivity contribution is 0.673. The Hall–Kier alpha value is -4.69. The van der Waals surface area contributed by atoms with E-state index in [1.54, 1.807) is 0 Å². The zero-order valence-electron chi connectivity index (χ0n) is 25.8. The number of rotatable bonds is 5. The van der Waals surface area contributed by atoms with Crippen LogP contribution in [0.15, 0.2) is 120 Å². The molecule has 5 aromatic carbocycles. The molecule has 0 spiro atoms. The van der Waals surface area contributed by atoms with E-state index in [-0.39, 0.29) is 0 Å². The van der Waals surface area contributed by atoms with Crippen LogP contribution in [0.25, 0.3) is 66.2 Å². The maximum absolute atomic E-state index is 9.18. The largest absolute Gasteiger partial charge is 0.455 e. The van der Waals surface area contributed by atoms with Crippen LogP contribution in [0, 0.1) is 0 Å². The molecule has 0 atom stereocenters. The van der Waals surface area contributed by atoms with Crippen LogP contribution in [0.2, 0.25) is 0 Å². The number of fused-ring (bicyclic) bond motifs is 5. The lowest BCUT2D eigenvalue weighted by Crippen LogP contribution is -2.02. The molecule has 0 bridgehead atoms. The molecular weight excluding hydrogens is 498 g/mol. The second-order valence-electron chi connectivity index (χ2n) is 11.2. The molecule has 0 aliphatic heterocycles. The Morgan fingerprint density at radius 2 is 1.27 bits per heavy atom. The van der Waals surface area contributed by atoms with Gasteiger partial charge < -0.3 is 4.42 Å². The molecule has 0 N–H and O–H groups in total. The van der Waals surface area contributed by atoms with Crippen molar-refractivity contribution < 1.29 is 7.16 Å². The first-order chi connectivity index (χ1) is 20.6. The number of para-hydroxylation sites is 1. The minimum absolute atomic E-state index is 0.793. The maximum Gasteiger partial charge on any atom is 0.144 e. The van der Waals surface area contributed by atoms with Gasteiger partial charge in [-0.3, -0.25) is 4.98 Å². The fraction of sp³-hybridized carbons (Fsp3) is 0.154. The second-order valence-corrected chi connectivity index (χ2v) is 11.2. The van der Waals surface area contributed by atoms with Crippen molar-refractivity contribution in [3.8, 4) is 33.5 Å². The van der Waals surface area contributed by atoms with E-state index in [2.05, 4.69) is 72.8 Å². The van der Waals surface area contributed by atoms with E-state index in [1.165, 1.54) is 0 Å². The average Bonchev–Trinajstić information content (AvgIpc) is 3.39. The number of nitrogens with zero attached hydrogens (tertiary/aromatic N) is 1. The van der Waals surface area contributed by atoms with Gasteiger partial charge in [-0.1, -0.05) is 113 Å². The van der Waals surface area contributed by atoms with Crippen molar-refractivity contribution >= 4 is 32.7 Å². The second kappa shape index (κ2) is 10.1. The summed E-state index contributed by atoms with van der Waals surface area (Å²) in [4.78, 5) is 4.81. The van der Waals surface area contributed by atoms with Gasteiger partial charge in [0.15, 0.2) is 0 Å². The zero-order valence-corrected chi connectivity index (χ0v) is 23.8. The van der Waals surface area contributed by atoms with Crippen LogP contribution < -0.4 is 0 Å². The fourth-order valence-corrected chi connectivity index (χ4v) is 6.00. The van der Waals surface area contributed by atoms with E-state index in [0.717, 1.165) is 77.3 Å². The summed E-state index contributed by atoms with van der Waals surface area (Å²) >= 11 is 0. The Morgan fingerprint density at radius 1 is 0.585 bits per heavy atom. The van der Waals surface area contributed by atoms with Crippen molar-refractivity contribution in [2.75, 3.05) is 0 Å². The Labute approximate surface area is 244 Å². The minimum Gasteiger partial charge on any atom is -0.455 e. The molecule has 7 aromatic rings. The monoisotopic (exact) mass is 533 g/mol. The Morgan fingerprint density at radius 3 is 2.02 bits per heavy atom. The van der Waals surface area contributed by atoms with Crippen molar-refractivity contribution in [2.45, 2.75) is 39.5 Å². The SMILES string of the molecule is [2H]C(C)(C)c1cc(-c2ccccc2)cc(C([2H])(C)C)c1-c1ccnc(-c2cccc3c2oc2c4ccccc4ccc32)c1. The molecule has 0 fully saturated rings. The van der Waals surface area contributed by atoms with Crippen molar-refractivity contribution in [2.24, 2.45) is 0 Å². The molecule has 0 aliphatic carbocycles. The predicted octanol–water partition coefficient (Wildman–Crippen LogP) is 11.4. The molecular formula is C39H33NO. The van der Waals surface area contributed by atoms with Gasteiger partial charge >= 0.3 is 0 Å². The molecule has 2 heterocycles. The summed E-state index contributed by atoms with van der Waals surface area (Å²) < 4.78 is 25.0. The third-order valence-electron chi connectivity index (χ3n) is 8.04. The Bertz CT molecular complexity index is 2110. The predicted molar refractivity (Wildman–Crippen MR) is 174 cm³/mol. The van der Waals surface area contributed by atoms with Gasteiger partial charge in [0.1, 0.15) is 11.2 Å². The van der Waals surface area contributed by atoms with E-state index < -0.39 is 11.8 Å². The van der Waals surface area contributed by atoms with Crippen LogP contribution in [-0.4, -0.2) is 4.98 Å². The van der Waals surface area contributed by atoms with E-state index in [0.29, 0.717) is 0 Å². The lowest BCUT2D eigenvalue weighted by atomic mass is 9.82. The van der Waals surface area contributed by atoms with Gasteiger partial charge in [-0.05, 0) is 74.8 Å². The van der Waals surface area contributed by atoms with Crippen LogP contribution in [0.4, 0.5) is 0 Å². The van der Waals surface area contributed by atoms with Crippen molar-refractivity contribution in [1.82, 2.24) is 4.98 Å². The summed E-state index contributed by atoms with van der Waals surface area (Å²) in [6, 6.07) is 37.3. The molecule has 41 heavy (non-hydrogen) atoms. The smallest absolute Gasteiger partial charge is 0.144 e. The summed E-state index contributed by atoms with van der Waals surface area (Å²) in [5.74, 6) is -1.80. The van der Waals surface area contributed by atoms with Crippen LogP contribution in [0.5, 0.6) is 0 Å². The number of aromatic nitrogens is 1. The fourth-order valence-electron chi connectivity index (χ4n) is 6.00. The molecule has 2 nitrogen and oxygen atoms in total.